The molecular weight excluding hydrogens is 377 g/mol. The molecule has 0 saturated carbocycles. The van der Waals surface area contributed by atoms with Crippen molar-refractivity contribution in [1.29, 1.82) is 0 Å². The maximum absolute atomic E-state index is 6.04. The Morgan fingerprint density at radius 1 is 1.29 bits per heavy atom. The van der Waals surface area contributed by atoms with Crippen molar-refractivity contribution in [1.82, 2.24) is 4.90 Å². The predicted octanol–water partition coefficient (Wildman–Crippen LogP) is 2.96. The van der Waals surface area contributed by atoms with Gasteiger partial charge in [0.2, 0.25) is 0 Å². The molecular formula is C16H26IN3O. The number of likely N-dealkylation sites (tertiary alicyclic amines) is 1. The number of guanidine groups is 1. The molecule has 0 aliphatic carbocycles. The molecule has 1 fully saturated rings. The smallest absolute Gasteiger partial charge is 0.191 e. The summed E-state index contributed by atoms with van der Waals surface area (Å²) in [6, 6.07) is 6.30. The fourth-order valence-electron chi connectivity index (χ4n) is 2.54. The van der Waals surface area contributed by atoms with Crippen LogP contribution in [0, 0.1) is 6.92 Å². The van der Waals surface area contributed by atoms with E-state index in [1.54, 1.807) is 7.11 Å². The van der Waals surface area contributed by atoms with E-state index in [1.165, 1.54) is 24.8 Å². The Balaban J connectivity index is 0.00000220. The number of rotatable bonds is 4. The van der Waals surface area contributed by atoms with Crippen LogP contribution < -0.4 is 10.5 Å². The summed E-state index contributed by atoms with van der Waals surface area (Å²) in [5, 5.41) is 0. The zero-order valence-electron chi connectivity index (χ0n) is 13.0. The van der Waals surface area contributed by atoms with E-state index in [1.807, 2.05) is 0 Å². The standard InChI is InChI=1S/C16H25N3O.HI/c1-13-6-7-14(12-15(13)20-2)8-9-18-16(17)19-10-4-3-5-11-19;/h6-7,12H,3-5,8-11H2,1-2H3,(H2,17,18);1H. The van der Waals surface area contributed by atoms with Crippen LogP contribution in [0.2, 0.25) is 0 Å². The van der Waals surface area contributed by atoms with Crippen molar-refractivity contribution in [3.63, 3.8) is 0 Å². The van der Waals surface area contributed by atoms with E-state index < -0.39 is 0 Å². The molecule has 5 heteroatoms. The highest BCUT2D eigenvalue weighted by atomic mass is 127. The van der Waals surface area contributed by atoms with E-state index >= 15 is 0 Å². The van der Waals surface area contributed by atoms with E-state index in [0.29, 0.717) is 5.96 Å². The minimum Gasteiger partial charge on any atom is -0.496 e. The van der Waals surface area contributed by atoms with Crippen LogP contribution in [0.3, 0.4) is 0 Å². The van der Waals surface area contributed by atoms with Crippen molar-refractivity contribution in [2.24, 2.45) is 10.7 Å². The van der Waals surface area contributed by atoms with Crippen molar-refractivity contribution in [3.05, 3.63) is 29.3 Å². The number of benzene rings is 1. The molecule has 0 bridgehead atoms. The fourth-order valence-corrected chi connectivity index (χ4v) is 2.54. The molecule has 118 valence electrons. The number of hydrogen-bond donors (Lipinski definition) is 1. The Bertz CT molecular complexity index is 471. The first-order valence-electron chi connectivity index (χ1n) is 7.39. The van der Waals surface area contributed by atoms with Crippen molar-refractivity contribution in [2.75, 3.05) is 26.7 Å². The monoisotopic (exact) mass is 403 g/mol. The Hall–Kier alpha value is -0.980. The number of aryl methyl sites for hydroxylation is 1. The summed E-state index contributed by atoms with van der Waals surface area (Å²) in [5.74, 6) is 1.64. The molecule has 0 radical (unpaired) electrons. The number of aliphatic imine (C=N–C) groups is 1. The third-order valence-electron chi connectivity index (χ3n) is 3.83. The molecule has 1 aliphatic rings. The molecule has 1 saturated heterocycles. The summed E-state index contributed by atoms with van der Waals surface area (Å²) in [4.78, 5) is 6.69. The summed E-state index contributed by atoms with van der Waals surface area (Å²) >= 11 is 0. The highest BCUT2D eigenvalue weighted by Crippen LogP contribution is 2.19. The second-order valence-electron chi connectivity index (χ2n) is 5.34. The third-order valence-corrected chi connectivity index (χ3v) is 3.83. The van der Waals surface area contributed by atoms with Gasteiger partial charge < -0.3 is 15.4 Å². The summed E-state index contributed by atoms with van der Waals surface area (Å²) in [7, 11) is 1.71. The van der Waals surface area contributed by atoms with Crippen LogP contribution in [0.1, 0.15) is 30.4 Å². The summed E-state index contributed by atoms with van der Waals surface area (Å²) in [6.07, 6.45) is 4.66. The van der Waals surface area contributed by atoms with Crippen LogP contribution in [0.15, 0.2) is 23.2 Å². The average molecular weight is 403 g/mol. The molecule has 0 spiro atoms. The molecule has 0 aromatic heterocycles. The van der Waals surface area contributed by atoms with Crippen LogP contribution in [-0.2, 0) is 6.42 Å². The maximum Gasteiger partial charge on any atom is 0.191 e. The molecule has 21 heavy (non-hydrogen) atoms. The first-order chi connectivity index (χ1) is 9.70. The quantitative estimate of drug-likeness (QED) is 0.478. The molecule has 1 aromatic rings. The number of ether oxygens (including phenoxy) is 1. The lowest BCUT2D eigenvalue weighted by molar-refractivity contribution is 0.338. The van der Waals surface area contributed by atoms with Crippen LogP contribution in [0.4, 0.5) is 0 Å². The molecule has 1 heterocycles. The molecule has 1 aliphatic heterocycles. The number of piperidine rings is 1. The van der Waals surface area contributed by atoms with Crippen LogP contribution >= 0.6 is 24.0 Å². The molecule has 0 unspecified atom stereocenters. The largest absolute Gasteiger partial charge is 0.496 e. The fraction of sp³-hybridized carbons (Fsp3) is 0.562. The van der Waals surface area contributed by atoms with Crippen molar-refractivity contribution < 1.29 is 4.74 Å². The first-order valence-corrected chi connectivity index (χ1v) is 7.39. The third kappa shape index (κ3) is 5.37. The van der Waals surface area contributed by atoms with Crippen LogP contribution in [0.5, 0.6) is 5.75 Å². The topological polar surface area (TPSA) is 50.9 Å². The lowest BCUT2D eigenvalue weighted by Gasteiger charge is -2.27. The maximum atomic E-state index is 6.04. The molecule has 2 N–H and O–H groups in total. The van der Waals surface area contributed by atoms with E-state index in [2.05, 4.69) is 35.0 Å². The Labute approximate surface area is 144 Å². The lowest BCUT2D eigenvalue weighted by atomic mass is 10.1. The van der Waals surface area contributed by atoms with Crippen molar-refractivity contribution >= 4 is 29.9 Å². The number of hydrogen-bond acceptors (Lipinski definition) is 2. The van der Waals surface area contributed by atoms with Gasteiger partial charge in [-0.15, -0.1) is 24.0 Å². The molecule has 2 rings (SSSR count). The van der Waals surface area contributed by atoms with Crippen LogP contribution in [0.25, 0.3) is 0 Å². The predicted molar refractivity (Wildman–Crippen MR) is 98.8 cm³/mol. The van der Waals surface area contributed by atoms with E-state index in [0.717, 1.165) is 37.4 Å². The van der Waals surface area contributed by atoms with E-state index in [9.17, 15) is 0 Å². The average Bonchev–Trinajstić information content (AvgIpc) is 2.49. The van der Waals surface area contributed by atoms with Gasteiger partial charge >= 0.3 is 0 Å². The summed E-state index contributed by atoms with van der Waals surface area (Å²) in [5.41, 5.74) is 8.44. The van der Waals surface area contributed by atoms with Gasteiger partial charge in [-0.1, -0.05) is 12.1 Å². The van der Waals surface area contributed by atoms with E-state index in [4.69, 9.17) is 10.5 Å². The summed E-state index contributed by atoms with van der Waals surface area (Å²) < 4.78 is 5.34. The van der Waals surface area contributed by atoms with Gasteiger partial charge in [0.1, 0.15) is 5.75 Å². The normalized spacial score (nSPS) is 15.5. The lowest BCUT2D eigenvalue weighted by Crippen LogP contribution is -2.41. The highest BCUT2D eigenvalue weighted by Gasteiger charge is 2.11. The zero-order chi connectivity index (χ0) is 14.4. The van der Waals surface area contributed by atoms with E-state index in [-0.39, 0.29) is 24.0 Å². The Kier molecular flexibility index (Phi) is 7.85. The Morgan fingerprint density at radius 2 is 2.00 bits per heavy atom. The van der Waals surface area contributed by atoms with Gasteiger partial charge in [-0.25, -0.2) is 0 Å². The molecule has 0 atom stereocenters. The minimum atomic E-state index is 0. The SMILES string of the molecule is COc1cc(CCN=C(N)N2CCCCC2)ccc1C.I. The Morgan fingerprint density at radius 3 is 2.67 bits per heavy atom. The van der Waals surface area contributed by atoms with Crippen LogP contribution in [-0.4, -0.2) is 37.6 Å². The second-order valence-corrected chi connectivity index (χ2v) is 5.34. The van der Waals surface area contributed by atoms with Gasteiger partial charge in [0.15, 0.2) is 5.96 Å². The van der Waals surface area contributed by atoms with Gasteiger partial charge in [0.25, 0.3) is 0 Å². The number of nitrogens with two attached hydrogens (primary N) is 1. The number of halogens is 1. The first kappa shape index (κ1) is 18.1. The summed E-state index contributed by atoms with van der Waals surface area (Å²) in [6.45, 7) is 4.88. The highest BCUT2D eigenvalue weighted by molar-refractivity contribution is 14.0. The molecule has 4 nitrogen and oxygen atoms in total. The van der Waals surface area contributed by atoms with Gasteiger partial charge in [-0.3, -0.25) is 4.99 Å². The van der Waals surface area contributed by atoms with Gasteiger partial charge in [-0.2, -0.15) is 0 Å². The van der Waals surface area contributed by atoms with Crippen molar-refractivity contribution in [2.45, 2.75) is 32.6 Å². The number of methoxy groups -OCH3 is 1. The minimum absolute atomic E-state index is 0. The van der Waals surface area contributed by atoms with Gasteiger partial charge in [0.05, 0.1) is 7.11 Å². The van der Waals surface area contributed by atoms with Gasteiger partial charge in [0, 0.05) is 19.6 Å². The second kappa shape index (κ2) is 9.12. The zero-order valence-corrected chi connectivity index (χ0v) is 15.3. The molecule has 0 amide bonds. The molecule has 1 aromatic carbocycles. The van der Waals surface area contributed by atoms with Gasteiger partial charge in [-0.05, 0) is 49.8 Å². The number of nitrogens with zero attached hydrogens (tertiary/aromatic N) is 2. The van der Waals surface area contributed by atoms with Crippen molar-refractivity contribution in [3.8, 4) is 5.75 Å².